The predicted molar refractivity (Wildman–Crippen MR) is 82.5 cm³/mol. The van der Waals surface area contributed by atoms with E-state index in [-0.39, 0.29) is 31.8 Å². The monoisotopic (exact) mass is 385 g/mol. The summed E-state index contributed by atoms with van der Waals surface area (Å²) in [6.07, 6.45) is -0.261. The Morgan fingerprint density at radius 3 is 2.56 bits per heavy atom. The van der Waals surface area contributed by atoms with Crippen LogP contribution in [0.1, 0.15) is 20.3 Å². The molecule has 0 amide bonds. The van der Waals surface area contributed by atoms with Gasteiger partial charge in [-0.15, -0.1) is 0 Å². The first-order chi connectivity index (χ1) is 11.4. The lowest BCUT2D eigenvalue weighted by Crippen LogP contribution is -2.53. The summed E-state index contributed by atoms with van der Waals surface area (Å²) in [5.41, 5.74) is -6.56. The number of benzene rings is 1. The zero-order valence-corrected chi connectivity index (χ0v) is 14.5. The zero-order chi connectivity index (χ0) is 19.0. The summed E-state index contributed by atoms with van der Waals surface area (Å²) in [5, 5.41) is 9.08. The fourth-order valence-electron chi connectivity index (χ4n) is 2.86. The van der Waals surface area contributed by atoms with Gasteiger partial charge in [-0.25, -0.2) is 12.8 Å². The Balaban J connectivity index is 2.52. The Hall–Kier alpha value is -1.39. The van der Waals surface area contributed by atoms with Crippen molar-refractivity contribution in [3.05, 3.63) is 24.0 Å². The van der Waals surface area contributed by atoms with E-state index in [9.17, 15) is 26.0 Å². The normalized spacial score (nSPS) is 21.4. The van der Waals surface area contributed by atoms with Gasteiger partial charge >= 0.3 is 5.51 Å². The van der Waals surface area contributed by atoms with Crippen molar-refractivity contribution in [3.8, 4) is 0 Å². The Kier molecular flexibility index (Phi) is 5.36. The van der Waals surface area contributed by atoms with Gasteiger partial charge in [0.1, 0.15) is 10.7 Å². The standard InChI is InChI=1S/C15H19F4NO4S/c1-14(2)9-20(8-11(24-14)5-6-21)12-4-3-10(16)7-13(12)25(22,23)15(17,18)19/h3-4,7,11,21H,5-6,8-9H2,1-2H3. The maximum absolute atomic E-state index is 13.5. The molecule has 1 aromatic rings. The van der Waals surface area contributed by atoms with E-state index in [4.69, 9.17) is 9.84 Å². The molecule has 1 unspecified atom stereocenters. The molecule has 0 radical (unpaired) electrons. The van der Waals surface area contributed by atoms with E-state index in [2.05, 4.69) is 0 Å². The number of alkyl halides is 3. The number of sulfone groups is 1. The average molecular weight is 385 g/mol. The van der Waals surface area contributed by atoms with E-state index in [1.54, 1.807) is 13.8 Å². The maximum Gasteiger partial charge on any atom is 0.501 e. The van der Waals surface area contributed by atoms with Gasteiger partial charge in [0.25, 0.3) is 9.84 Å². The van der Waals surface area contributed by atoms with Gasteiger partial charge in [0.15, 0.2) is 0 Å². The second kappa shape index (κ2) is 6.73. The summed E-state index contributed by atoms with van der Waals surface area (Å²) in [6.45, 7) is 3.40. The largest absolute Gasteiger partial charge is 0.501 e. The number of nitrogens with zero attached hydrogens (tertiary/aromatic N) is 1. The van der Waals surface area contributed by atoms with E-state index >= 15 is 0 Å². The van der Waals surface area contributed by atoms with E-state index in [1.807, 2.05) is 0 Å². The number of ether oxygens (including phenoxy) is 1. The number of halogens is 4. The molecule has 1 atom stereocenters. The van der Waals surface area contributed by atoms with Crippen LogP contribution in [0.3, 0.4) is 0 Å². The van der Waals surface area contributed by atoms with Crippen LogP contribution in [-0.2, 0) is 14.6 Å². The molecule has 142 valence electrons. The third-order valence-corrected chi connectivity index (χ3v) is 5.30. The highest BCUT2D eigenvalue weighted by Gasteiger charge is 2.49. The van der Waals surface area contributed by atoms with Gasteiger partial charge in [0.2, 0.25) is 0 Å². The molecule has 1 N–H and O–H groups in total. The molecule has 0 saturated carbocycles. The van der Waals surface area contributed by atoms with E-state index in [0.29, 0.717) is 6.07 Å². The van der Waals surface area contributed by atoms with Crippen LogP contribution in [0, 0.1) is 5.82 Å². The van der Waals surface area contributed by atoms with E-state index in [1.165, 1.54) is 4.90 Å². The Bertz CT molecular complexity index is 734. The molecule has 1 aliphatic heterocycles. The molecule has 2 rings (SSSR count). The fourth-order valence-corrected chi connectivity index (χ4v) is 3.85. The smallest absolute Gasteiger partial charge is 0.396 e. The number of hydrogen-bond donors (Lipinski definition) is 1. The highest BCUT2D eigenvalue weighted by Crippen LogP contribution is 2.38. The number of morpholine rings is 1. The summed E-state index contributed by atoms with van der Waals surface area (Å²) in [7, 11) is -5.72. The topological polar surface area (TPSA) is 66.8 Å². The molecule has 0 aliphatic carbocycles. The van der Waals surface area contributed by atoms with Crippen LogP contribution in [0.25, 0.3) is 0 Å². The first-order valence-corrected chi connectivity index (χ1v) is 9.00. The number of anilines is 1. The number of rotatable bonds is 4. The van der Waals surface area contributed by atoms with E-state index < -0.39 is 37.8 Å². The van der Waals surface area contributed by atoms with Gasteiger partial charge in [0, 0.05) is 19.7 Å². The first-order valence-electron chi connectivity index (χ1n) is 7.52. The van der Waals surface area contributed by atoms with Crippen LogP contribution in [0.2, 0.25) is 0 Å². The summed E-state index contributed by atoms with van der Waals surface area (Å²) in [5.74, 6) is -1.08. The third-order valence-electron chi connectivity index (χ3n) is 3.79. The molecule has 1 heterocycles. The molecular formula is C15H19F4NO4S. The molecule has 0 bridgehead atoms. The molecule has 0 aromatic heterocycles. The predicted octanol–water partition coefficient (Wildman–Crippen LogP) is 2.49. The van der Waals surface area contributed by atoms with Crippen molar-refractivity contribution in [2.75, 3.05) is 24.6 Å². The van der Waals surface area contributed by atoms with Crippen LogP contribution >= 0.6 is 0 Å². The molecule has 0 spiro atoms. The van der Waals surface area contributed by atoms with E-state index in [0.717, 1.165) is 12.1 Å². The summed E-state index contributed by atoms with van der Waals surface area (Å²) in [6, 6.07) is 2.31. The van der Waals surface area contributed by atoms with Crippen molar-refractivity contribution in [2.24, 2.45) is 0 Å². The van der Waals surface area contributed by atoms with Crippen LogP contribution in [0.5, 0.6) is 0 Å². The second-order valence-corrected chi connectivity index (χ2v) is 8.36. The van der Waals surface area contributed by atoms with Gasteiger partial charge in [-0.05, 0) is 38.5 Å². The summed E-state index contributed by atoms with van der Waals surface area (Å²) >= 11 is 0. The van der Waals surface area contributed by atoms with Gasteiger partial charge in [-0.2, -0.15) is 13.2 Å². The van der Waals surface area contributed by atoms with Crippen molar-refractivity contribution in [1.29, 1.82) is 0 Å². The SMILES string of the molecule is CC1(C)CN(c2ccc(F)cc2S(=O)(=O)C(F)(F)F)CC(CCO)O1. The molecular weight excluding hydrogens is 366 g/mol. The summed E-state index contributed by atoms with van der Waals surface area (Å²) < 4.78 is 81.8. The molecule has 25 heavy (non-hydrogen) atoms. The van der Waals surface area contributed by atoms with Crippen LogP contribution < -0.4 is 4.90 Å². The number of aliphatic hydroxyl groups is 1. The van der Waals surface area contributed by atoms with Gasteiger partial charge < -0.3 is 14.7 Å². The lowest BCUT2D eigenvalue weighted by molar-refractivity contribution is -0.0899. The molecule has 10 heteroatoms. The lowest BCUT2D eigenvalue weighted by atomic mass is 10.0. The van der Waals surface area contributed by atoms with Crippen LogP contribution in [-0.4, -0.2) is 50.4 Å². The Labute approximate surface area is 143 Å². The molecule has 1 saturated heterocycles. The number of aliphatic hydroxyl groups excluding tert-OH is 1. The molecule has 1 fully saturated rings. The van der Waals surface area contributed by atoms with Crippen molar-refractivity contribution >= 4 is 15.5 Å². The van der Waals surface area contributed by atoms with Crippen LogP contribution in [0.15, 0.2) is 23.1 Å². The molecule has 1 aliphatic rings. The minimum Gasteiger partial charge on any atom is -0.396 e. The minimum atomic E-state index is -5.72. The lowest BCUT2D eigenvalue weighted by Gasteiger charge is -2.44. The number of hydrogen-bond acceptors (Lipinski definition) is 5. The first kappa shape index (κ1) is 19.9. The maximum atomic E-state index is 13.5. The van der Waals surface area contributed by atoms with Crippen molar-refractivity contribution in [1.82, 2.24) is 0 Å². The highest BCUT2D eigenvalue weighted by atomic mass is 32.2. The highest BCUT2D eigenvalue weighted by molar-refractivity contribution is 7.92. The van der Waals surface area contributed by atoms with Gasteiger partial charge in [-0.3, -0.25) is 0 Å². The minimum absolute atomic E-state index is 0.0794. The molecule has 5 nitrogen and oxygen atoms in total. The summed E-state index contributed by atoms with van der Waals surface area (Å²) in [4.78, 5) is 0.294. The van der Waals surface area contributed by atoms with Crippen LogP contribution in [0.4, 0.5) is 23.2 Å². The van der Waals surface area contributed by atoms with Crippen molar-refractivity contribution < 1.29 is 35.8 Å². The second-order valence-electron chi connectivity index (χ2n) is 6.45. The van der Waals surface area contributed by atoms with Gasteiger partial charge in [-0.1, -0.05) is 0 Å². The van der Waals surface area contributed by atoms with Crippen molar-refractivity contribution in [3.63, 3.8) is 0 Å². The molecule has 1 aromatic carbocycles. The fraction of sp³-hybridized carbons (Fsp3) is 0.600. The third kappa shape index (κ3) is 4.24. The van der Waals surface area contributed by atoms with Crippen molar-refractivity contribution in [2.45, 2.75) is 42.4 Å². The van der Waals surface area contributed by atoms with Gasteiger partial charge in [0.05, 0.1) is 17.4 Å². The quantitative estimate of drug-likeness (QED) is 0.807. The zero-order valence-electron chi connectivity index (χ0n) is 13.7. The Morgan fingerprint density at radius 2 is 2.00 bits per heavy atom. The Morgan fingerprint density at radius 1 is 1.36 bits per heavy atom. The average Bonchev–Trinajstić information content (AvgIpc) is 2.44.